The normalized spacial score (nSPS) is 21.2. The molecule has 1 aromatic carbocycles. The zero-order chi connectivity index (χ0) is 18.2. The molecule has 2 aromatic rings. The monoisotopic (exact) mass is 354 g/mol. The van der Waals surface area contributed by atoms with E-state index in [0.29, 0.717) is 17.9 Å². The Kier molecular flexibility index (Phi) is 6.89. The molecule has 0 amide bonds. The third kappa shape index (κ3) is 5.46. The van der Waals surface area contributed by atoms with E-state index >= 15 is 0 Å². The van der Waals surface area contributed by atoms with E-state index in [-0.39, 0.29) is 0 Å². The molecule has 0 aliphatic heterocycles. The summed E-state index contributed by atoms with van der Waals surface area (Å²) in [5.74, 6) is 3.12. The lowest BCUT2D eigenvalue weighted by molar-refractivity contribution is 0.102. The van der Waals surface area contributed by atoms with Crippen molar-refractivity contribution in [1.82, 2.24) is 10.3 Å². The average Bonchev–Trinajstić information content (AvgIpc) is 2.69. The highest BCUT2D eigenvalue weighted by molar-refractivity contribution is 5.33. The lowest BCUT2D eigenvalue weighted by atomic mass is 9.79. The van der Waals surface area contributed by atoms with Crippen LogP contribution >= 0.6 is 0 Å². The molecular formula is C22H30N2O2. The molecule has 0 spiro atoms. The predicted molar refractivity (Wildman–Crippen MR) is 104 cm³/mol. The second-order valence-corrected chi connectivity index (χ2v) is 7.31. The Balaban J connectivity index is 1.46. The maximum atomic E-state index is 6.24. The molecule has 3 unspecified atom stereocenters. The highest BCUT2D eigenvalue weighted by atomic mass is 16.5. The van der Waals surface area contributed by atoms with E-state index in [1.54, 1.807) is 7.11 Å². The van der Waals surface area contributed by atoms with Gasteiger partial charge in [-0.1, -0.05) is 13.0 Å². The van der Waals surface area contributed by atoms with Gasteiger partial charge in [0.2, 0.25) is 0 Å². The van der Waals surface area contributed by atoms with E-state index < -0.39 is 0 Å². The minimum atomic E-state index is 0.309. The molecule has 3 atom stereocenters. The van der Waals surface area contributed by atoms with Crippen molar-refractivity contribution >= 4 is 0 Å². The van der Waals surface area contributed by atoms with Crippen LogP contribution in [0, 0.1) is 11.8 Å². The topological polar surface area (TPSA) is 43.4 Å². The first-order chi connectivity index (χ1) is 12.7. The van der Waals surface area contributed by atoms with E-state index in [2.05, 4.69) is 29.4 Å². The van der Waals surface area contributed by atoms with E-state index in [0.717, 1.165) is 37.4 Å². The molecule has 1 saturated carbocycles. The highest BCUT2D eigenvalue weighted by Crippen LogP contribution is 2.33. The Bertz CT molecular complexity index is 662. The zero-order valence-corrected chi connectivity index (χ0v) is 15.9. The van der Waals surface area contributed by atoms with Gasteiger partial charge in [0.15, 0.2) is 0 Å². The van der Waals surface area contributed by atoms with Crippen LogP contribution in [0.1, 0.15) is 38.2 Å². The fourth-order valence-electron chi connectivity index (χ4n) is 3.78. The molecule has 3 rings (SSSR count). The molecule has 26 heavy (non-hydrogen) atoms. The van der Waals surface area contributed by atoms with Gasteiger partial charge >= 0.3 is 0 Å². The van der Waals surface area contributed by atoms with Gasteiger partial charge in [-0.2, -0.15) is 0 Å². The summed E-state index contributed by atoms with van der Waals surface area (Å²) in [7, 11) is 1.69. The van der Waals surface area contributed by atoms with Gasteiger partial charge in [-0.05, 0) is 73.9 Å². The molecule has 0 radical (unpaired) electrons. The molecular weight excluding hydrogens is 324 g/mol. The first-order valence-electron chi connectivity index (χ1n) is 9.65. The molecule has 0 bridgehead atoms. The van der Waals surface area contributed by atoms with Crippen LogP contribution in [-0.2, 0) is 6.54 Å². The fraction of sp³-hybridized carbons (Fsp3) is 0.500. The van der Waals surface area contributed by atoms with Gasteiger partial charge in [-0.15, -0.1) is 0 Å². The number of benzene rings is 1. The van der Waals surface area contributed by atoms with Gasteiger partial charge in [-0.25, -0.2) is 0 Å². The number of ether oxygens (including phenoxy) is 2. The number of hydrogen-bond donors (Lipinski definition) is 1. The number of nitrogens with zero attached hydrogens (tertiary/aromatic N) is 1. The SMILES string of the molecule is COc1cccc(OC2CCCC(C(C)CNCc3ccncc3)C2)c1. The first kappa shape index (κ1) is 18.7. The summed E-state index contributed by atoms with van der Waals surface area (Å²) in [4.78, 5) is 4.07. The second kappa shape index (κ2) is 9.58. The van der Waals surface area contributed by atoms with Gasteiger partial charge < -0.3 is 14.8 Å². The van der Waals surface area contributed by atoms with Gasteiger partial charge in [0.1, 0.15) is 11.5 Å². The van der Waals surface area contributed by atoms with Crippen LogP contribution in [0.2, 0.25) is 0 Å². The Morgan fingerprint density at radius 2 is 1.96 bits per heavy atom. The predicted octanol–water partition coefficient (Wildman–Crippen LogP) is 4.45. The molecule has 1 aromatic heterocycles. The maximum absolute atomic E-state index is 6.24. The van der Waals surface area contributed by atoms with Crippen molar-refractivity contribution in [2.75, 3.05) is 13.7 Å². The molecule has 1 aliphatic rings. The van der Waals surface area contributed by atoms with Crippen molar-refractivity contribution in [1.29, 1.82) is 0 Å². The molecule has 140 valence electrons. The lowest BCUT2D eigenvalue weighted by Crippen LogP contribution is -2.33. The summed E-state index contributed by atoms with van der Waals surface area (Å²) >= 11 is 0. The van der Waals surface area contributed by atoms with Crippen molar-refractivity contribution in [2.45, 2.75) is 45.3 Å². The molecule has 4 nitrogen and oxygen atoms in total. The largest absolute Gasteiger partial charge is 0.497 e. The standard InChI is InChI=1S/C22H30N2O2/c1-17(15-24-16-18-9-11-23-12-10-18)19-5-3-7-21(13-19)26-22-8-4-6-20(14-22)25-2/h4,6,8-12,14,17,19,21,24H,3,5,7,13,15-16H2,1-2H3. The molecule has 1 N–H and O–H groups in total. The van der Waals surface area contributed by atoms with Gasteiger partial charge in [-0.3, -0.25) is 4.98 Å². The molecule has 1 heterocycles. The quantitative estimate of drug-likeness (QED) is 0.760. The van der Waals surface area contributed by atoms with E-state index in [1.165, 1.54) is 18.4 Å². The third-order valence-electron chi connectivity index (χ3n) is 5.36. The number of rotatable bonds is 8. The third-order valence-corrected chi connectivity index (χ3v) is 5.36. The van der Waals surface area contributed by atoms with E-state index in [9.17, 15) is 0 Å². The number of pyridine rings is 1. The van der Waals surface area contributed by atoms with Crippen LogP contribution < -0.4 is 14.8 Å². The minimum absolute atomic E-state index is 0.309. The number of aromatic nitrogens is 1. The molecule has 1 aliphatic carbocycles. The van der Waals surface area contributed by atoms with Crippen LogP contribution in [0.15, 0.2) is 48.8 Å². The second-order valence-electron chi connectivity index (χ2n) is 7.31. The van der Waals surface area contributed by atoms with Gasteiger partial charge in [0, 0.05) is 25.0 Å². The molecule has 0 saturated heterocycles. The van der Waals surface area contributed by atoms with Gasteiger partial charge in [0.05, 0.1) is 13.2 Å². The average molecular weight is 354 g/mol. The summed E-state index contributed by atoms with van der Waals surface area (Å²) < 4.78 is 11.5. The van der Waals surface area contributed by atoms with Crippen molar-refractivity contribution in [3.8, 4) is 11.5 Å². The van der Waals surface area contributed by atoms with Crippen LogP contribution in [0.5, 0.6) is 11.5 Å². The van der Waals surface area contributed by atoms with E-state index in [1.807, 2.05) is 36.7 Å². The number of methoxy groups -OCH3 is 1. The Morgan fingerprint density at radius 3 is 2.77 bits per heavy atom. The molecule has 1 fully saturated rings. The van der Waals surface area contributed by atoms with Crippen molar-refractivity contribution < 1.29 is 9.47 Å². The van der Waals surface area contributed by atoms with E-state index in [4.69, 9.17) is 9.47 Å². The zero-order valence-electron chi connectivity index (χ0n) is 15.9. The number of hydrogen-bond acceptors (Lipinski definition) is 4. The summed E-state index contributed by atoms with van der Waals surface area (Å²) in [6.45, 7) is 4.31. The van der Waals surface area contributed by atoms with Crippen LogP contribution in [-0.4, -0.2) is 24.7 Å². The van der Waals surface area contributed by atoms with Crippen LogP contribution in [0.25, 0.3) is 0 Å². The summed E-state index contributed by atoms with van der Waals surface area (Å²) in [6, 6.07) is 12.1. The smallest absolute Gasteiger partial charge is 0.123 e. The van der Waals surface area contributed by atoms with Crippen LogP contribution in [0.4, 0.5) is 0 Å². The maximum Gasteiger partial charge on any atom is 0.123 e. The Labute approximate surface area is 156 Å². The summed E-state index contributed by atoms with van der Waals surface area (Å²) in [5.41, 5.74) is 1.29. The van der Waals surface area contributed by atoms with Crippen molar-refractivity contribution in [3.05, 3.63) is 54.4 Å². The van der Waals surface area contributed by atoms with Gasteiger partial charge in [0.25, 0.3) is 0 Å². The lowest BCUT2D eigenvalue weighted by Gasteiger charge is -2.33. The Morgan fingerprint density at radius 1 is 1.15 bits per heavy atom. The van der Waals surface area contributed by atoms with Crippen molar-refractivity contribution in [3.63, 3.8) is 0 Å². The fourth-order valence-corrected chi connectivity index (χ4v) is 3.78. The first-order valence-corrected chi connectivity index (χ1v) is 9.65. The van der Waals surface area contributed by atoms with Crippen LogP contribution in [0.3, 0.4) is 0 Å². The summed E-state index contributed by atoms with van der Waals surface area (Å²) in [5, 5.41) is 3.59. The molecule has 4 heteroatoms. The minimum Gasteiger partial charge on any atom is -0.497 e. The number of nitrogens with one attached hydrogen (secondary N) is 1. The Hall–Kier alpha value is -2.07. The summed E-state index contributed by atoms with van der Waals surface area (Å²) in [6.07, 6.45) is 8.83. The van der Waals surface area contributed by atoms with Crippen molar-refractivity contribution in [2.24, 2.45) is 11.8 Å². The highest BCUT2D eigenvalue weighted by Gasteiger charge is 2.27.